The number of carbonyl (C=O) groups excluding carboxylic acids is 1. The summed E-state index contributed by atoms with van der Waals surface area (Å²) in [4.78, 5) is 15.4. The molecule has 1 N–H and O–H groups in total. The molecule has 0 fully saturated rings. The van der Waals surface area contributed by atoms with E-state index in [-0.39, 0.29) is 5.91 Å². The van der Waals surface area contributed by atoms with Crippen molar-refractivity contribution in [2.75, 3.05) is 0 Å². The molecule has 2 heterocycles. The zero-order valence-corrected chi connectivity index (χ0v) is 12.3. The molecule has 0 unspecified atom stereocenters. The molecule has 0 spiro atoms. The van der Waals surface area contributed by atoms with E-state index in [4.69, 9.17) is 0 Å². The van der Waals surface area contributed by atoms with Crippen LogP contribution in [0.4, 0.5) is 0 Å². The number of nitrogens with zero attached hydrogens (tertiary/aromatic N) is 4. The molecule has 0 bridgehead atoms. The van der Waals surface area contributed by atoms with Crippen LogP contribution in [-0.2, 0) is 18.4 Å². The van der Waals surface area contributed by atoms with Crippen molar-refractivity contribution in [3.8, 4) is 5.69 Å². The van der Waals surface area contributed by atoms with Crippen molar-refractivity contribution < 1.29 is 4.79 Å². The molecule has 0 radical (unpaired) electrons. The van der Waals surface area contributed by atoms with Crippen molar-refractivity contribution in [3.05, 3.63) is 42.0 Å². The molecule has 0 saturated heterocycles. The molecule has 3 aromatic rings. The lowest BCUT2D eigenvalue weighted by Crippen LogP contribution is -2.18. The summed E-state index contributed by atoms with van der Waals surface area (Å²) in [5.74, 6) is 0.934. The maximum Gasteiger partial charge on any atom is 0.217 e. The van der Waals surface area contributed by atoms with Gasteiger partial charge in [-0.05, 0) is 25.1 Å². The zero-order chi connectivity index (χ0) is 15.0. The number of rotatable bonds is 3. The Morgan fingerprint density at radius 3 is 2.95 bits per heavy atom. The largest absolute Gasteiger partial charge is 0.352 e. The first kappa shape index (κ1) is 13.4. The summed E-state index contributed by atoms with van der Waals surface area (Å²) in [5.41, 5.74) is 3.99. The zero-order valence-electron chi connectivity index (χ0n) is 12.3. The van der Waals surface area contributed by atoms with Crippen LogP contribution in [-0.4, -0.2) is 25.2 Å². The predicted octanol–water partition coefficient (Wildman–Crippen LogP) is 1.70. The minimum Gasteiger partial charge on any atom is -0.352 e. The highest BCUT2D eigenvalue weighted by Crippen LogP contribution is 2.18. The molecule has 6 nitrogen and oxygen atoms in total. The fourth-order valence-electron chi connectivity index (χ4n) is 2.26. The monoisotopic (exact) mass is 283 g/mol. The lowest BCUT2D eigenvalue weighted by atomic mass is 10.2. The number of aromatic nitrogens is 4. The molecule has 6 heteroatoms. The predicted molar refractivity (Wildman–Crippen MR) is 80.1 cm³/mol. The summed E-state index contributed by atoms with van der Waals surface area (Å²) in [7, 11) is 2.00. The minimum absolute atomic E-state index is 0.0467. The van der Waals surface area contributed by atoms with E-state index in [1.54, 1.807) is 10.9 Å². The smallest absolute Gasteiger partial charge is 0.217 e. The quantitative estimate of drug-likeness (QED) is 0.795. The van der Waals surface area contributed by atoms with Crippen molar-refractivity contribution >= 4 is 16.9 Å². The number of hydrogen-bond donors (Lipinski definition) is 1. The number of amides is 1. The van der Waals surface area contributed by atoms with Gasteiger partial charge in [-0.1, -0.05) is 0 Å². The Bertz CT molecular complexity index is 815. The van der Waals surface area contributed by atoms with Crippen LogP contribution < -0.4 is 5.32 Å². The van der Waals surface area contributed by atoms with E-state index in [1.165, 1.54) is 6.92 Å². The van der Waals surface area contributed by atoms with Crippen molar-refractivity contribution in [1.29, 1.82) is 0 Å². The Morgan fingerprint density at radius 1 is 1.38 bits per heavy atom. The topological polar surface area (TPSA) is 64.7 Å². The highest BCUT2D eigenvalue weighted by Gasteiger charge is 2.07. The number of imidazole rings is 1. The van der Waals surface area contributed by atoms with Gasteiger partial charge < -0.3 is 9.88 Å². The third kappa shape index (κ3) is 2.52. The summed E-state index contributed by atoms with van der Waals surface area (Å²) >= 11 is 0. The Hall–Kier alpha value is -2.63. The van der Waals surface area contributed by atoms with Crippen LogP contribution in [0.15, 0.2) is 30.6 Å². The molecular formula is C15H17N5O. The van der Waals surface area contributed by atoms with Crippen molar-refractivity contribution in [1.82, 2.24) is 24.6 Å². The third-order valence-electron chi connectivity index (χ3n) is 3.53. The molecule has 2 aromatic heterocycles. The molecule has 108 valence electrons. The van der Waals surface area contributed by atoms with Crippen LogP contribution in [0.1, 0.15) is 18.3 Å². The second kappa shape index (κ2) is 5.05. The molecule has 3 rings (SSSR count). The summed E-state index contributed by atoms with van der Waals surface area (Å²) in [5, 5.41) is 7.11. The van der Waals surface area contributed by atoms with Gasteiger partial charge in [0.15, 0.2) is 0 Å². The molecule has 0 atom stereocenters. The number of hydrogen-bond acceptors (Lipinski definition) is 3. The summed E-state index contributed by atoms with van der Waals surface area (Å²) < 4.78 is 3.86. The number of aryl methyl sites for hydroxylation is 2. The van der Waals surface area contributed by atoms with Gasteiger partial charge in [0.25, 0.3) is 0 Å². The van der Waals surface area contributed by atoms with Crippen LogP contribution in [0.3, 0.4) is 0 Å². The van der Waals surface area contributed by atoms with Gasteiger partial charge in [-0.25, -0.2) is 9.67 Å². The second-order valence-corrected chi connectivity index (χ2v) is 5.09. The molecule has 21 heavy (non-hydrogen) atoms. The van der Waals surface area contributed by atoms with Gasteiger partial charge >= 0.3 is 0 Å². The number of nitrogens with one attached hydrogen (secondary N) is 1. The highest BCUT2D eigenvalue weighted by atomic mass is 16.1. The molecule has 0 aliphatic carbocycles. The first-order chi connectivity index (χ1) is 10.0. The van der Waals surface area contributed by atoms with Gasteiger partial charge in [0.2, 0.25) is 5.91 Å². The van der Waals surface area contributed by atoms with Gasteiger partial charge in [0, 0.05) is 32.3 Å². The van der Waals surface area contributed by atoms with E-state index < -0.39 is 0 Å². The van der Waals surface area contributed by atoms with Crippen molar-refractivity contribution in [2.24, 2.45) is 7.05 Å². The van der Waals surface area contributed by atoms with Crippen molar-refractivity contribution in [2.45, 2.75) is 20.4 Å². The van der Waals surface area contributed by atoms with E-state index in [2.05, 4.69) is 26.0 Å². The van der Waals surface area contributed by atoms with Crippen LogP contribution in [0.5, 0.6) is 0 Å². The Labute approximate surface area is 122 Å². The first-order valence-electron chi connectivity index (χ1n) is 6.76. The van der Waals surface area contributed by atoms with E-state index >= 15 is 0 Å². The average Bonchev–Trinajstić information content (AvgIpc) is 3.03. The maximum atomic E-state index is 10.9. The summed E-state index contributed by atoms with van der Waals surface area (Å²) in [6.07, 6.45) is 3.68. The minimum atomic E-state index is -0.0467. The van der Waals surface area contributed by atoms with E-state index in [1.807, 2.05) is 32.3 Å². The van der Waals surface area contributed by atoms with Gasteiger partial charge in [-0.3, -0.25) is 4.79 Å². The van der Waals surface area contributed by atoms with Crippen molar-refractivity contribution in [3.63, 3.8) is 0 Å². The van der Waals surface area contributed by atoms with Crippen LogP contribution in [0.25, 0.3) is 16.7 Å². The van der Waals surface area contributed by atoms with Gasteiger partial charge in [-0.2, -0.15) is 5.10 Å². The van der Waals surface area contributed by atoms with E-state index in [0.29, 0.717) is 6.54 Å². The van der Waals surface area contributed by atoms with Crippen LogP contribution in [0.2, 0.25) is 0 Å². The maximum absolute atomic E-state index is 10.9. The third-order valence-corrected chi connectivity index (χ3v) is 3.53. The summed E-state index contributed by atoms with van der Waals surface area (Å²) in [6, 6.07) is 6.04. The standard InChI is InChI=1S/C15H17N5O/c1-10-18-14-5-4-13(6-15(14)19(10)3)20-9-12(8-17-20)7-16-11(2)21/h4-6,8-9H,7H2,1-3H3,(H,16,21). The normalized spacial score (nSPS) is 11.0. The molecule has 0 aliphatic heterocycles. The molecule has 0 aliphatic rings. The first-order valence-corrected chi connectivity index (χ1v) is 6.76. The fraction of sp³-hybridized carbons (Fsp3) is 0.267. The number of benzene rings is 1. The van der Waals surface area contributed by atoms with Gasteiger partial charge in [0.1, 0.15) is 5.82 Å². The summed E-state index contributed by atoms with van der Waals surface area (Å²) in [6.45, 7) is 3.98. The lowest BCUT2D eigenvalue weighted by molar-refractivity contribution is -0.119. The number of carbonyl (C=O) groups is 1. The number of fused-ring (bicyclic) bond motifs is 1. The Balaban J connectivity index is 1.93. The molecular weight excluding hydrogens is 266 g/mol. The van der Waals surface area contributed by atoms with E-state index in [0.717, 1.165) is 28.1 Å². The Kier molecular flexibility index (Phi) is 3.21. The second-order valence-electron chi connectivity index (χ2n) is 5.09. The van der Waals surface area contributed by atoms with E-state index in [9.17, 15) is 4.79 Å². The average molecular weight is 283 g/mol. The molecule has 1 aromatic carbocycles. The molecule has 0 saturated carbocycles. The lowest BCUT2D eigenvalue weighted by Gasteiger charge is -2.03. The fourth-order valence-corrected chi connectivity index (χ4v) is 2.26. The van der Waals surface area contributed by atoms with Gasteiger partial charge in [-0.15, -0.1) is 0 Å². The SMILES string of the molecule is CC(=O)NCc1cnn(-c2ccc3nc(C)n(C)c3c2)c1. The highest BCUT2D eigenvalue weighted by molar-refractivity contribution is 5.78. The Morgan fingerprint density at radius 2 is 2.19 bits per heavy atom. The van der Waals surface area contributed by atoms with Gasteiger partial charge in [0.05, 0.1) is 22.9 Å². The molecule has 1 amide bonds. The van der Waals surface area contributed by atoms with Crippen LogP contribution >= 0.6 is 0 Å². The van der Waals surface area contributed by atoms with Crippen LogP contribution in [0, 0.1) is 6.92 Å².